The second-order valence-corrected chi connectivity index (χ2v) is 23.4. The van der Waals surface area contributed by atoms with Crippen molar-refractivity contribution >= 4 is 97.2 Å². The van der Waals surface area contributed by atoms with Crippen molar-refractivity contribution in [1.29, 1.82) is 0 Å². The van der Waals surface area contributed by atoms with E-state index < -0.39 is 10.8 Å². The number of rotatable bonds is 28. The smallest absolute Gasteiger partial charge is 0.0654 e. The number of unbranched alkanes of at least 4 members (excludes halogenated alkanes) is 20. The summed E-state index contributed by atoms with van der Waals surface area (Å²) in [6.45, 7) is 9.07. The van der Waals surface area contributed by atoms with Crippen molar-refractivity contribution in [3.8, 4) is 22.3 Å². The minimum absolute atomic E-state index is 0.180. The third-order valence-electron chi connectivity index (χ3n) is 14.7. The van der Waals surface area contributed by atoms with Crippen molar-refractivity contribution in [2.45, 2.75) is 218 Å². The molecular weight excluding hydrogens is 1130 g/mol. The maximum absolute atomic E-state index is 19.3. The molecule has 2 aliphatic carbocycles. The molecular formula is C52H70F2I2N4Se2. The fourth-order valence-electron chi connectivity index (χ4n) is 11.5. The van der Waals surface area contributed by atoms with Crippen LogP contribution in [0, 0.1) is 18.8 Å². The molecule has 2 aliphatic rings. The van der Waals surface area contributed by atoms with Crippen molar-refractivity contribution in [2.24, 2.45) is 0 Å². The number of hydrogen-bond donors (Lipinski definition) is 0. The predicted molar refractivity (Wildman–Crippen MR) is 276 cm³/mol. The van der Waals surface area contributed by atoms with E-state index in [1.807, 2.05) is 0 Å². The van der Waals surface area contributed by atoms with E-state index in [0.29, 0.717) is 22.3 Å². The Morgan fingerprint density at radius 1 is 0.403 bits per heavy atom. The molecule has 7 rings (SSSR count). The van der Waals surface area contributed by atoms with Crippen molar-refractivity contribution in [3.63, 3.8) is 0 Å². The number of benzene rings is 3. The Morgan fingerprint density at radius 3 is 0.984 bits per heavy atom. The Kier molecular flexibility index (Phi) is 18.5. The van der Waals surface area contributed by atoms with Gasteiger partial charge in [0.2, 0.25) is 0 Å². The first-order valence-electron chi connectivity index (χ1n) is 24.8. The molecule has 10 heteroatoms. The Morgan fingerprint density at radius 2 is 0.677 bits per heavy atom. The summed E-state index contributed by atoms with van der Waals surface area (Å²) >= 11 is 4.27. The van der Waals surface area contributed by atoms with Crippen molar-refractivity contribution < 1.29 is 8.78 Å². The van der Waals surface area contributed by atoms with Crippen LogP contribution in [0.4, 0.5) is 8.78 Å². The molecule has 0 aliphatic heterocycles. The van der Waals surface area contributed by atoms with Crippen LogP contribution in [0.15, 0.2) is 12.1 Å². The van der Waals surface area contributed by atoms with E-state index in [1.54, 1.807) is 0 Å². The Bertz CT molecular complexity index is 2080. The normalized spacial score (nSPS) is 14.6. The molecule has 3 aromatic carbocycles. The standard InChI is InChI=1S/C52H70F2I2N4Se2/c1-5-9-13-17-21-25-29-51(30-26-22-18-14-10-6-2)35-33-37(55)47-49(59-61-57-47)39(35)41-43(51)45(53)42-40-36(34-38(56)48-50(40)60-62-58-48)52(44(42)46(41)54,31-27-23-19-15-11-7-3)32-28-24-20-16-12-8-4/h33-34H,5-32H2,1-4H3. The van der Waals surface area contributed by atoms with E-state index in [-0.39, 0.29) is 41.6 Å². The quantitative estimate of drug-likeness (QED) is 0.0284. The zero-order chi connectivity index (χ0) is 43.7. The third kappa shape index (κ3) is 9.79. The van der Waals surface area contributed by atoms with Crippen LogP contribution in [0.25, 0.3) is 44.3 Å². The summed E-state index contributed by atoms with van der Waals surface area (Å²) in [5.74, 6) is -0.360. The second kappa shape index (κ2) is 23.3. The molecule has 5 aromatic rings. The van der Waals surface area contributed by atoms with Crippen molar-refractivity contribution in [1.82, 2.24) is 15.9 Å². The second-order valence-electron chi connectivity index (χ2n) is 18.8. The zero-order valence-electron chi connectivity index (χ0n) is 38.1. The molecule has 0 spiro atoms. The van der Waals surface area contributed by atoms with Crippen LogP contribution in [-0.2, 0) is 10.8 Å². The van der Waals surface area contributed by atoms with Gasteiger partial charge in [-0.05, 0) is 0 Å². The van der Waals surface area contributed by atoms with E-state index in [0.717, 1.165) is 129 Å². The molecule has 0 radical (unpaired) electrons. The molecule has 2 heterocycles. The van der Waals surface area contributed by atoms with Gasteiger partial charge in [0.05, 0.1) is 0 Å². The van der Waals surface area contributed by atoms with Gasteiger partial charge in [-0.2, -0.15) is 0 Å². The number of hydrogen-bond acceptors (Lipinski definition) is 4. The average molecular weight is 1200 g/mol. The first-order valence-corrected chi connectivity index (χ1v) is 30.0. The summed E-state index contributed by atoms with van der Waals surface area (Å²) in [4.78, 5) is 0. The van der Waals surface area contributed by atoms with Gasteiger partial charge >= 0.3 is 388 Å². The number of fused-ring (bicyclic) bond motifs is 10. The first-order chi connectivity index (χ1) is 30.3. The Balaban J connectivity index is 1.47. The van der Waals surface area contributed by atoms with Crippen molar-refractivity contribution in [3.05, 3.63) is 53.2 Å². The molecule has 2 aromatic heterocycles. The van der Waals surface area contributed by atoms with E-state index in [1.165, 1.54) is 103 Å². The molecule has 0 atom stereocenters. The Hall–Kier alpha value is -0.781. The van der Waals surface area contributed by atoms with Crippen LogP contribution in [0.3, 0.4) is 0 Å². The number of aromatic nitrogens is 4. The van der Waals surface area contributed by atoms with Gasteiger partial charge in [0.25, 0.3) is 0 Å². The Labute approximate surface area is 411 Å². The molecule has 0 saturated carbocycles. The topological polar surface area (TPSA) is 51.6 Å². The fourth-order valence-corrected chi connectivity index (χ4v) is 16.0. The van der Waals surface area contributed by atoms with Gasteiger partial charge in [-0.15, -0.1) is 0 Å². The SMILES string of the molecule is CCCCCCCCC1(CCCCCCCC)c2cc(I)c3n[se]nc3c2-c2c(F)c3c(c(F)c21)-c1c(cc(I)c2n[se]nc12)C3(CCCCCCCC)CCCCCCCC. The van der Waals surface area contributed by atoms with Gasteiger partial charge in [-0.25, -0.2) is 0 Å². The monoisotopic (exact) mass is 1200 g/mol. The molecule has 0 amide bonds. The summed E-state index contributed by atoms with van der Waals surface area (Å²) < 4.78 is 60.8. The predicted octanol–water partition coefficient (Wildman–Crippen LogP) is 16.7. The third-order valence-corrected chi connectivity index (χ3v) is 18.5. The average Bonchev–Trinajstić information content (AvgIpc) is 4.07. The summed E-state index contributed by atoms with van der Waals surface area (Å²) in [6, 6.07) is 4.58. The van der Waals surface area contributed by atoms with Crippen molar-refractivity contribution in [2.75, 3.05) is 0 Å². The van der Waals surface area contributed by atoms with E-state index >= 15 is 8.78 Å². The summed E-state index contributed by atoms with van der Waals surface area (Å²) in [6.07, 6.45) is 31.2. The molecule has 0 saturated heterocycles. The zero-order valence-corrected chi connectivity index (χ0v) is 45.8. The minimum Gasteiger partial charge on any atom is -0.0654 e. The molecule has 0 unspecified atom stereocenters. The van der Waals surface area contributed by atoms with Gasteiger partial charge in [-0.1, -0.05) is 27.7 Å². The van der Waals surface area contributed by atoms with Crippen LogP contribution < -0.4 is 0 Å². The maximum atomic E-state index is 19.3. The molecule has 338 valence electrons. The molecule has 0 fully saturated rings. The van der Waals surface area contributed by atoms with Crippen LogP contribution in [-0.4, -0.2) is 45.8 Å². The van der Waals surface area contributed by atoms with E-state index in [4.69, 9.17) is 15.9 Å². The molecule has 0 N–H and O–H groups in total. The minimum atomic E-state index is -0.637. The first kappa shape index (κ1) is 49.1. The van der Waals surface area contributed by atoms with Gasteiger partial charge in [0, 0.05) is 0 Å². The summed E-state index contributed by atoms with van der Waals surface area (Å²) in [7, 11) is 0. The van der Waals surface area contributed by atoms with Gasteiger partial charge in [-0.3, -0.25) is 0 Å². The summed E-state index contributed by atoms with van der Waals surface area (Å²) in [5, 5.41) is 0. The van der Waals surface area contributed by atoms with E-state index in [9.17, 15) is 0 Å². The van der Waals surface area contributed by atoms with Gasteiger partial charge in [0.15, 0.2) is 0 Å². The van der Waals surface area contributed by atoms with Crippen LogP contribution in [0.5, 0.6) is 0 Å². The van der Waals surface area contributed by atoms with Crippen LogP contribution in [0.1, 0.15) is 230 Å². The molecule has 4 nitrogen and oxygen atoms in total. The van der Waals surface area contributed by atoms with Gasteiger partial charge in [0.1, 0.15) is 0 Å². The van der Waals surface area contributed by atoms with Crippen LogP contribution in [0.2, 0.25) is 0 Å². The number of halogens is 4. The van der Waals surface area contributed by atoms with E-state index in [2.05, 4.69) is 85.0 Å². The molecule has 0 bridgehead atoms. The number of nitrogens with zero attached hydrogens (tertiary/aromatic N) is 4. The van der Waals surface area contributed by atoms with Crippen LogP contribution >= 0.6 is 45.2 Å². The molecule has 62 heavy (non-hydrogen) atoms. The fraction of sp³-hybridized carbons (Fsp3) is 0.654. The summed E-state index contributed by atoms with van der Waals surface area (Å²) in [5.41, 5.74) is 8.38. The van der Waals surface area contributed by atoms with Gasteiger partial charge < -0.3 is 0 Å².